The zero-order valence-electron chi connectivity index (χ0n) is 11.4. The van der Waals surface area contributed by atoms with E-state index in [0.29, 0.717) is 25.7 Å². The summed E-state index contributed by atoms with van der Waals surface area (Å²) in [4.78, 5) is 12.1. The van der Waals surface area contributed by atoms with E-state index in [1.54, 1.807) is 24.3 Å². The Morgan fingerprint density at radius 1 is 1.04 bits per heavy atom. The first-order valence-electron chi connectivity index (χ1n) is 6.39. The van der Waals surface area contributed by atoms with Gasteiger partial charge < -0.3 is 0 Å². The third-order valence-corrected chi connectivity index (χ3v) is 4.55. The number of halogens is 3. The highest BCUT2D eigenvalue weighted by atomic mass is 35.5. The van der Waals surface area contributed by atoms with Crippen LogP contribution in [0.2, 0.25) is 10.0 Å². The fourth-order valence-electron chi connectivity index (χ4n) is 1.79. The Kier molecular flexibility index (Phi) is 4.56. The Balaban J connectivity index is 1.77. The smallest absolute Gasteiger partial charge is 0.257 e. The van der Waals surface area contributed by atoms with Crippen molar-refractivity contribution >= 4 is 45.6 Å². The van der Waals surface area contributed by atoms with Crippen LogP contribution >= 0.6 is 34.5 Å². The molecule has 2 aromatic carbocycles. The molecule has 4 nitrogen and oxygen atoms in total. The first-order chi connectivity index (χ1) is 11.0. The van der Waals surface area contributed by atoms with Crippen LogP contribution in [0.25, 0.3) is 10.6 Å². The first kappa shape index (κ1) is 15.9. The van der Waals surface area contributed by atoms with Gasteiger partial charge >= 0.3 is 0 Å². The Labute approximate surface area is 144 Å². The van der Waals surface area contributed by atoms with Crippen LogP contribution in [0, 0.1) is 5.82 Å². The Morgan fingerprint density at radius 3 is 2.48 bits per heavy atom. The van der Waals surface area contributed by atoms with E-state index >= 15 is 0 Å². The molecule has 0 unspecified atom stereocenters. The molecule has 8 heteroatoms. The summed E-state index contributed by atoms with van der Waals surface area (Å²) in [6.45, 7) is 0. The molecule has 0 aliphatic rings. The lowest BCUT2D eigenvalue weighted by Gasteiger charge is -2.02. The molecule has 0 spiro atoms. The summed E-state index contributed by atoms with van der Waals surface area (Å²) >= 11 is 12.9. The molecular formula is C15H8Cl2FN3OS. The van der Waals surface area contributed by atoms with Crippen LogP contribution in [0.15, 0.2) is 42.5 Å². The van der Waals surface area contributed by atoms with Crippen LogP contribution in [0.5, 0.6) is 0 Å². The van der Waals surface area contributed by atoms with E-state index in [1.165, 1.54) is 29.5 Å². The number of hydrogen-bond donors (Lipinski definition) is 1. The van der Waals surface area contributed by atoms with E-state index in [0.717, 1.165) is 5.56 Å². The monoisotopic (exact) mass is 367 g/mol. The zero-order chi connectivity index (χ0) is 16.4. The summed E-state index contributed by atoms with van der Waals surface area (Å²) < 4.78 is 12.9. The van der Waals surface area contributed by atoms with Crippen molar-refractivity contribution in [1.82, 2.24) is 10.2 Å². The summed E-state index contributed by atoms with van der Waals surface area (Å²) in [5.41, 5.74) is 1.08. The quantitative estimate of drug-likeness (QED) is 0.715. The van der Waals surface area contributed by atoms with Crippen LogP contribution in [-0.4, -0.2) is 16.1 Å². The van der Waals surface area contributed by atoms with Crippen LogP contribution in [0.1, 0.15) is 10.4 Å². The third-order valence-electron chi connectivity index (χ3n) is 2.92. The average Bonchev–Trinajstić information content (AvgIpc) is 2.99. The molecule has 0 atom stereocenters. The van der Waals surface area contributed by atoms with E-state index in [2.05, 4.69) is 15.5 Å². The molecule has 0 saturated carbocycles. The van der Waals surface area contributed by atoms with Gasteiger partial charge in [0.05, 0.1) is 10.0 Å². The van der Waals surface area contributed by atoms with Gasteiger partial charge in [0.15, 0.2) is 0 Å². The van der Waals surface area contributed by atoms with Crippen LogP contribution < -0.4 is 5.32 Å². The molecule has 23 heavy (non-hydrogen) atoms. The molecule has 0 radical (unpaired) electrons. The van der Waals surface area contributed by atoms with Crippen LogP contribution in [0.4, 0.5) is 9.52 Å². The third kappa shape index (κ3) is 3.67. The fourth-order valence-corrected chi connectivity index (χ4v) is 2.83. The lowest BCUT2D eigenvalue weighted by Crippen LogP contribution is -2.11. The lowest BCUT2D eigenvalue weighted by atomic mass is 10.2. The maximum atomic E-state index is 12.9. The van der Waals surface area contributed by atoms with Gasteiger partial charge in [0.1, 0.15) is 10.8 Å². The second-order valence-corrected chi connectivity index (χ2v) is 6.29. The SMILES string of the molecule is O=C(Nc1nnc(-c2ccc(F)cc2)s1)c1ccc(Cl)c(Cl)c1. The second kappa shape index (κ2) is 6.62. The number of nitrogens with zero attached hydrogens (tertiary/aromatic N) is 2. The van der Waals surface area contributed by atoms with E-state index < -0.39 is 0 Å². The highest BCUT2D eigenvalue weighted by Gasteiger charge is 2.12. The van der Waals surface area contributed by atoms with E-state index in [4.69, 9.17) is 23.2 Å². The number of aromatic nitrogens is 2. The van der Waals surface area contributed by atoms with Gasteiger partial charge in [0.25, 0.3) is 5.91 Å². The number of carbonyl (C=O) groups is 1. The minimum Gasteiger partial charge on any atom is -0.296 e. The summed E-state index contributed by atoms with van der Waals surface area (Å²) in [5.74, 6) is -0.697. The molecule has 0 aliphatic carbocycles. The molecule has 1 amide bonds. The number of amides is 1. The predicted octanol–water partition coefficient (Wildman–Crippen LogP) is 4.90. The summed E-state index contributed by atoms with van der Waals surface area (Å²) in [6, 6.07) is 10.5. The standard InChI is InChI=1S/C15H8Cl2FN3OS/c16-11-6-3-9(7-12(11)17)13(22)19-15-21-20-14(23-15)8-1-4-10(18)5-2-8/h1-7H,(H,19,21,22). The molecule has 3 aromatic rings. The molecular weight excluding hydrogens is 360 g/mol. The number of nitrogens with one attached hydrogen (secondary N) is 1. The topological polar surface area (TPSA) is 54.9 Å². The molecule has 0 saturated heterocycles. The molecule has 0 bridgehead atoms. The van der Waals surface area contributed by atoms with E-state index in [9.17, 15) is 9.18 Å². The number of benzene rings is 2. The van der Waals surface area contributed by atoms with Gasteiger partial charge in [-0.05, 0) is 42.5 Å². The number of carbonyl (C=O) groups excluding carboxylic acids is 1. The lowest BCUT2D eigenvalue weighted by molar-refractivity contribution is 0.102. The van der Waals surface area contributed by atoms with Crippen molar-refractivity contribution in [2.75, 3.05) is 5.32 Å². The number of hydrogen-bond acceptors (Lipinski definition) is 4. The molecule has 1 N–H and O–H groups in total. The van der Waals surface area contributed by atoms with Gasteiger partial charge in [-0.1, -0.05) is 34.5 Å². The molecule has 1 aromatic heterocycles. The number of rotatable bonds is 3. The summed E-state index contributed by atoms with van der Waals surface area (Å²) in [5, 5.41) is 12.1. The predicted molar refractivity (Wildman–Crippen MR) is 89.7 cm³/mol. The van der Waals surface area contributed by atoms with Gasteiger partial charge in [-0.25, -0.2) is 4.39 Å². The Morgan fingerprint density at radius 2 is 1.78 bits per heavy atom. The van der Waals surface area contributed by atoms with Crippen LogP contribution in [-0.2, 0) is 0 Å². The van der Waals surface area contributed by atoms with Gasteiger partial charge in [0, 0.05) is 11.1 Å². The first-order valence-corrected chi connectivity index (χ1v) is 7.96. The molecule has 0 aliphatic heterocycles. The van der Waals surface area contributed by atoms with Crippen molar-refractivity contribution < 1.29 is 9.18 Å². The number of anilines is 1. The molecule has 1 heterocycles. The molecule has 0 fully saturated rings. The van der Waals surface area contributed by atoms with Gasteiger partial charge in [0.2, 0.25) is 5.13 Å². The normalized spacial score (nSPS) is 10.6. The minimum absolute atomic E-state index is 0.295. The van der Waals surface area contributed by atoms with Gasteiger partial charge in [-0.2, -0.15) is 0 Å². The van der Waals surface area contributed by atoms with E-state index in [1.807, 2.05) is 0 Å². The Hall–Kier alpha value is -2.02. The highest BCUT2D eigenvalue weighted by molar-refractivity contribution is 7.18. The van der Waals surface area contributed by atoms with Crippen molar-refractivity contribution in [2.45, 2.75) is 0 Å². The highest BCUT2D eigenvalue weighted by Crippen LogP contribution is 2.27. The van der Waals surface area contributed by atoms with Crippen molar-refractivity contribution in [3.63, 3.8) is 0 Å². The van der Waals surface area contributed by atoms with Crippen molar-refractivity contribution in [3.8, 4) is 10.6 Å². The molecule has 116 valence electrons. The van der Waals surface area contributed by atoms with Gasteiger partial charge in [-0.15, -0.1) is 10.2 Å². The van der Waals surface area contributed by atoms with Crippen molar-refractivity contribution in [1.29, 1.82) is 0 Å². The fraction of sp³-hybridized carbons (Fsp3) is 0. The minimum atomic E-state index is -0.370. The van der Waals surface area contributed by atoms with Gasteiger partial charge in [-0.3, -0.25) is 10.1 Å². The maximum absolute atomic E-state index is 12.9. The second-order valence-electron chi connectivity index (χ2n) is 4.50. The summed E-state index contributed by atoms with van der Waals surface area (Å²) in [6.07, 6.45) is 0. The Bertz CT molecular complexity index is 867. The summed E-state index contributed by atoms with van der Waals surface area (Å²) in [7, 11) is 0. The van der Waals surface area contributed by atoms with E-state index in [-0.39, 0.29) is 11.7 Å². The largest absolute Gasteiger partial charge is 0.296 e. The molecule has 3 rings (SSSR count). The average molecular weight is 368 g/mol. The maximum Gasteiger partial charge on any atom is 0.257 e. The van der Waals surface area contributed by atoms with Crippen molar-refractivity contribution in [3.05, 3.63) is 63.9 Å². The van der Waals surface area contributed by atoms with Crippen molar-refractivity contribution in [2.24, 2.45) is 0 Å². The van der Waals surface area contributed by atoms with Crippen LogP contribution in [0.3, 0.4) is 0 Å². The zero-order valence-corrected chi connectivity index (χ0v) is 13.7.